The second-order valence-corrected chi connectivity index (χ2v) is 3.80. The van der Waals surface area contributed by atoms with E-state index in [0.717, 1.165) is 18.1 Å². The Morgan fingerprint density at radius 3 is 2.69 bits per heavy atom. The van der Waals surface area contributed by atoms with Crippen molar-refractivity contribution in [1.29, 1.82) is 0 Å². The third kappa shape index (κ3) is 1.30. The molecule has 13 heavy (non-hydrogen) atoms. The van der Waals surface area contributed by atoms with Gasteiger partial charge in [0.2, 0.25) is 0 Å². The van der Waals surface area contributed by atoms with Gasteiger partial charge in [-0.05, 0) is 50.3 Å². The van der Waals surface area contributed by atoms with Crippen LogP contribution >= 0.6 is 0 Å². The number of hydrogen-bond acceptors (Lipinski definition) is 2. The molecule has 1 aromatic heterocycles. The number of hydrogen-bond donors (Lipinski definition) is 1. The zero-order valence-electron chi connectivity index (χ0n) is 8.57. The third-order valence-corrected chi connectivity index (χ3v) is 3.02. The summed E-state index contributed by atoms with van der Waals surface area (Å²) in [5, 5.41) is 3.36. The van der Waals surface area contributed by atoms with Crippen LogP contribution in [0.1, 0.15) is 28.8 Å². The Morgan fingerprint density at radius 1 is 1.15 bits per heavy atom. The largest absolute Gasteiger partial charge is 0.370 e. The molecule has 2 nitrogen and oxygen atoms in total. The van der Waals surface area contributed by atoms with Gasteiger partial charge in [0.05, 0.1) is 0 Å². The monoisotopic (exact) mass is 176 g/mol. The van der Waals surface area contributed by atoms with Crippen LogP contribution in [0.3, 0.4) is 0 Å². The molecular weight excluding hydrogens is 160 g/mol. The van der Waals surface area contributed by atoms with Crippen LogP contribution in [-0.4, -0.2) is 11.5 Å². The molecule has 1 aromatic rings. The summed E-state index contributed by atoms with van der Waals surface area (Å²) in [6.07, 6.45) is 2.42. The molecule has 0 aromatic carbocycles. The summed E-state index contributed by atoms with van der Waals surface area (Å²) in [5.74, 6) is 1.12. The van der Waals surface area contributed by atoms with Gasteiger partial charge in [-0.25, -0.2) is 4.98 Å². The van der Waals surface area contributed by atoms with E-state index in [-0.39, 0.29) is 0 Å². The second-order valence-electron chi connectivity index (χ2n) is 3.80. The number of pyridine rings is 1. The molecule has 0 saturated heterocycles. The predicted molar refractivity (Wildman–Crippen MR) is 55.3 cm³/mol. The first kappa shape index (κ1) is 8.54. The van der Waals surface area contributed by atoms with Crippen molar-refractivity contribution in [2.24, 2.45) is 0 Å². The second kappa shape index (κ2) is 3.02. The highest BCUT2D eigenvalue weighted by Crippen LogP contribution is 2.26. The van der Waals surface area contributed by atoms with Crippen LogP contribution in [0.15, 0.2) is 0 Å². The van der Waals surface area contributed by atoms with Crippen LogP contribution in [0.25, 0.3) is 0 Å². The van der Waals surface area contributed by atoms with Crippen molar-refractivity contribution in [2.75, 3.05) is 11.9 Å². The van der Waals surface area contributed by atoms with E-state index in [1.54, 1.807) is 0 Å². The SMILES string of the molecule is Cc1nc2c(c(C)c1C)CCCN2. The molecule has 0 saturated carbocycles. The van der Waals surface area contributed by atoms with E-state index in [4.69, 9.17) is 0 Å². The number of nitrogens with zero attached hydrogens (tertiary/aromatic N) is 1. The zero-order chi connectivity index (χ0) is 9.42. The number of rotatable bonds is 0. The maximum atomic E-state index is 4.56. The molecule has 1 N–H and O–H groups in total. The van der Waals surface area contributed by atoms with Crippen molar-refractivity contribution in [2.45, 2.75) is 33.6 Å². The molecule has 0 spiro atoms. The van der Waals surface area contributed by atoms with Gasteiger partial charge in [-0.15, -0.1) is 0 Å². The Kier molecular flexibility index (Phi) is 1.98. The maximum absolute atomic E-state index is 4.56. The molecular formula is C11H16N2. The van der Waals surface area contributed by atoms with Gasteiger partial charge in [0.25, 0.3) is 0 Å². The van der Waals surface area contributed by atoms with Crippen LogP contribution in [0.2, 0.25) is 0 Å². The molecule has 0 radical (unpaired) electrons. The van der Waals surface area contributed by atoms with E-state index in [1.807, 2.05) is 0 Å². The minimum absolute atomic E-state index is 1.07. The normalized spacial score (nSPS) is 15.0. The van der Waals surface area contributed by atoms with Gasteiger partial charge in [-0.1, -0.05) is 0 Å². The number of aryl methyl sites for hydroxylation is 1. The number of fused-ring (bicyclic) bond motifs is 1. The summed E-state index contributed by atoms with van der Waals surface area (Å²) in [6, 6.07) is 0. The summed E-state index contributed by atoms with van der Waals surface area (Å²) in [6.45, 7) is 7.52. The smallest absolute Gasteiger partial charge is 0.129 e. The molecule has 0 unspecified atom stereocenters. The van der Waals surface area contributed by atoms with E-state index in [9.17, 15) is 0 Å². The van der Waals surface area contributed by atoms with Crippen molar-refractivity contribution < 1.29 is 0 Å². The highest BCUT2D eigenvalue weighted by molar-refractivity contribution is 5.53. The van der Waals surface area contributed by atoms with E-state index in [1.165, 1.54) is 29.5 Å². The van der Waals surface area contributed by atoms with Crippen LogP contribution < -0.4 is 5.32 Å². The lowest BCUT2D eigenvalue weighted by Crippen LogP contribution is -2.16. The lowest BCUT2D eigenvalue weighted by atomic mass is 9.97. The Morgan fingerprint density at radius 2 is 1.92 bits per heavy atom. The summed E-state index contributed by atoms with van der Waals surface area (Å²) in [4.78, 5) is 4.56. The highest BCUT2D eigenvalue weighted by Gasteiger charge is 2.14. The van der Waals surface area contributed by atoms with E-state index >= 15 is 0 Å². The topological polar surface area (TPSA) is 24.9 Å². The molecule has 1 aliphatic rings. The Balaban J connectivity index is 2.60. The molecule has 0 bridgehead atoms. The first-order chi connectivity index (χ1) is 6.20. The van der Waals surface area contributed by atoms with Gasteiger partial charge in [-0.2, -0.15) is 0 Å². The molecule has 1 aliphatic heterocycles. The molecule has 2 rings (SSSR count). The van der Waals surface area contributed by atoms with Gasteiger partial charge in [0, 0.05) is 12.2 Å². The van der Waals surface area contributed by atoms with Gasteiger partial charge < -0.3 is 5.32 Å². The third-order valence-electron chi connectivity index (χ3n) is 3.02. The minimum atomic E-state index is 1.07. The van der Waals surface area contributed by atoms with Crippen LogP contribution in [0.4, 0.5) is 5.82 Å². The Hall–Kier alpha value is -1.05. The summed E-state index contributed by atoms with van der Waals surface area (Å²) in [7, 11) is 0. The van der Waals surface area contributed by atoms with Crippen molar-refractivity contribution >= 4 is 5.82 Å². The van der Waals surface area contributed by atoms with E-state index in [2.05, 4.69) is 31.1 Å². The fraction of sp³-hybridized carbons (Fsp3) is 0.545. The summed E-state index contributed by atoms with van der Waals surface area (Å²) in [5.41, 5.74) is 5.36. The number of nitrogens with one attached hydrogen (secondary N) is 1. The van der Waals surface area contributed by atoms with Crippen molar-refractivity contribution in [1.82, 2.24) is 4.98 Å². The highest BCUT2D eigenvalue weighted by atomic mass is 15.0. The zero-order valence-corrected chi connectivity index (χ0v) is 8.57. The molecule has 0 amide bonds. The molecule has 0 atom stereocenters. The van der Waals surface area contributed by atoms with Gasteiger partial charge in [-0.3, -0.25) is 0 Å². The number of anilines is 1. The van der Waals surface area contributed by atoms with Crippen molar-refractivity contribution in [3.8, 4) is 0 Å². The predicted octanol–water partition coefficient (Wildman–Crippen LogP) is 2.36. The first-order valence-corrected chi connectivity index (χ1v) is 4.90. The molecule has 70 valence electrons. The Labute approximate surface area is 79.4 Å². The average molecular weight is 176 g/mol. The summed E-state index contributed by atoms with van der Waals surface area (Å²) >= 11 is 0. The Bertz CT molecular complexity index is 342. The number of aromatic nitrogens is 1. The van der Waals surface area contributed by atoms with Gasteiger partial charge in [0.1, 0.15) is 5.82 Å². The minimum Gasteiger partial charge on any atom is -0.370 e. The summed E-state index contributed by atoms with van der Waals surface area (Å²) < 4.78 is 0. The van der Waals surface area contributed by atoms with Gasteiger partial charge in [0.15, 0.2) is 0 Å². The van der Waals surface area contributed by atoms with Gasteiger partial charge >= 0.3 is 0 Å². The quantitative estimate of drug-likeness (QED) is 0.656. The molecule has 2 heterocycles. The standard InChI is InChI=1S/C11H16N2/c1-7-8(2)10-5-4-6-12-11(10)13-9(7)3/h4-6H2,1-3H3,(H,12,13). The average Bonchev–Trinajstić information content (AvgIpc) is 2.15. The van der Waals surface area contributed by atoms with Crippen molar-refractivity contribution in [3.05, 3.63) is 22.4 Å². The lowest BCUT2D eigenvalue weighted by molar-refractivity contribution is 0.804. The first-order valence-electron chi connectivity index (χ1n) is 4.90. The molecule has 0 fully saturated rings. The fourth-order valence-corrected chi connectivity index (χ4v) is 1.92. The lowest BCUT2D eigenvalue weighted by Gasteiger charge is -2.21. The van der Waals surface area contributed by atoms with Crippen molar-refractivity contribution in [3.63, 3.8) is 0 Å². The maximum Gasteiger partial charge on any atom is 0.129 e. The molecule has 2 heteroatoms. The van der Waals surface area contributed by atoms with E-state index < -0.39 is 0 Å². The molecule has 0 aliphatic carbocycles. The fourth-order valence-electron chi connectivity index (χ4n) is 1.92. The van der Waals surface area contributed by atoms with Crippen LogP contribution in [0.5, 0.6) is 0 Å². The van der Waals surface area contributed by atoms with E-state index in [0.29, 0.717) is 0 Å². The van der Waals surface area contributed by atoms with Crippen LogP contribution in [-0.2, 0) is 6.42 Å². The van der Waals surface area contributed by atoms with Crippen LogP contribution in [0, 0.1) is 20.8 Å².